The fraction of sp³-hybridized carbons (Fsp3) is 0.526. The summed E-state index contributed by atoms with van der Waals surface area (Å²) in [5.41, 5.74) is 1.14. The number of urea groups is 1. The van der Waals surface area contributed by atoms with Crippen molar-refractivity contribution < 1.29 is 15.0 Å². The Balaban J connectivity index is 1.46. The van der Waals surface area contributed by atoms with Crippen molar-refractivity contribution in [2.24, 2.45) is 7.05 Å². The maximum Gasteiger partial charge on any atom is 0.317 e. The zero-order valence-electron chi connectivity index (χ0n) is 15.6. The molecule has 27 heavy (non-hydrogen) atoms. The Morgan fingerprint density at radius 2 is 2.07 bits per heavy atom. The maximum atomic E-state index is 12.5. The van der Waals surface area contributed by atoms with Crippen LogP contribution in [-0.4, -0.2) is 55.5 Å². The number of carbonyl (C=O) groups is 1. The van der Waals surface area contributed by atoms with Gasteiger partial charge in [0.05, 0.1) is 0 Å². The van der Waals surface area contributed by atoms with Gasteiger partial charge in [-0.3, -0.25) is 0 Å². The predicted octanol–water partition coefficient (Wildman–Crippen LogP) is 1.53. The molecule has 2 heterocycles. The second-order valence-corrected chi connectivity index (χ2v) is 6.98. The highest BCUT2D eigenvalue weighted by molar-refractivity contribution is 5.74. The first-order valence-corrected chi connectivity index (χ1v) is 9.38. The average Bonchev–Trinajstić information content (AvgIpc) is 3.07. The second kappa shape index (κ2) is 8.85. The van der Waals surface area contributed by atoms with Gasteiger partial charge in [0.25, 0.3) is 0 Å². The van der Waals surface area contributed by atoms with Crippen molar-refractivity contribution in [2.45, 2.75) is 38.2 Å². The molecule has 2 amide bonds. The van der Waals surface area contributed by atoms with Gasteiger partial charge in [0.2, 0.25) is 0 Å². The molecule has 8 nitrogen and oxygen atoms in total. The molecule has 1 aromatic carbocycles. The number of carbonyl (C=O) groups excluding carboxylic acids is 1. The first kappa shape index (κ1) is 19.2. The van der Waals surface area contributed by atoms with E-state index in [1.165, 1.54) is 0 Å². The lowest BCUT2D eigenvalue weighted by Gasteiger charge is -2.32. The molecule has 1 aromatic heterocycles. The van der Waals surface area contributed by atoms with Gasteiger partial charge in [-0.15, -0.1) is 10.2 Å². The molecular formula is C19H27N5O3. The van der Waals surface area contributed by atoms with Crippen LogP contribution in [0.2, 0.25) is 0 Å². The molecule has 1 saturated heterocycles. The quantitative estimate of drug-likeness (QED) is 0.667. The van der Waals surface area contributed by atoms with Gasteiger partial charge in [-0.25, -0.2) is 4.79 Å². The SMILES string of the molecule is Cn1c(CO)nnc1[C@@H]1CCCN(C(=O)NCCCc2ccc(O)cc2)C1. The fourth-order valence-electron chi connectivity index (χ4n) is 3.50. The monoisotopic (exact) mass is 373 g/mol. The van der Waals surface area contributed by atoms with E-state index < -0.39 is 0 Å². The summed E-state index contributed by atoms with van der Waals surface area (Å²) in [5.74, 6) is 1.77. The third-order valence-corrected chi connectivity index (χ3v) is 5.07. The summed E-state index contributed by atoms with van der Waals surface area (Å²) in [6.45, 7) is 1.83. The number of piperidine rings is 1. The van der Waals surface area contributed by atoms with E-state index in [2.05, 4.69) is 15.5 Å². The Kier molecular flexibility index (Phi) is 6.28. The Morgan fingerprint density at radius 1 is 1.30 bits per heavy atom. The van der Waals surface area contributed by atoms with Crippen molar-refractivity contribution in [1.29, 1.82) is 0 Å². The van der Waals surface area contributed by atoms with Crippen LogP contribution in [0.3, 0.4) is 0 Å². The fourth-order valence-corrected chi connectivity index (χ4v) is 3.50. The predicted molar refractivity (Wildman–Crippen MR) is 100 cm³/mol. The van der Waals surface area contributed by atoms with Gasteiger partial charge in [-0.1, -0.05) is 12.1 Å². The van der Waals surface area contributed by atoms with Crippen LogP contribution in [0.4, 0.5) is 4.79 Å². The van der Waals surface area contributed by atoms with Crippen LogP contribution in [0.15, 0.2) is 24.3 Å². The summed E-state index contributed by atoms with van der Waals surface area (Å²) in [4.78, 5) is 14.3. The van der Waals surface area contributed by atoms with E-state index in [4.69, 9.17) is 0 Å². The van der Waals surface area contributed by atoms with Gasteiger partial charge >= 0.3 is 6.03 Å². The van der Waals surface area contributed by atoms with Gasteiger partial charge in [0.15, 0.2) is 5.82 Å². The van der Waals surface area contributed by atoms with E-state index in [0.717, 1.165) is 43.6 Å². The molecule has 1 fully saturated rings. The molecule has 0 radical (unpaired) electrons. The zero-order valence-corrected chi connectivity index (χ0v) is 15.6. The van der Waals surface area contributed by atoms with Gasteiger partial charge in [0, 0.05) is 32.6 Å². The molecule has 0 saturated carbocycles. The van der Waals surface area contributed by atoms with Crippen LogP contribution in [0.25, 0.3) is 0 Å². The smallest absolute Gasteiger partial charge is 0.317 e. The third kappa shape index (κ3) is 4.77. The number of aliphatic hydroxyl groups excluding tert-OH is 1. The number of phenols is 1. The largest absolute Gasteiger partial charge is 0.508 e. The molecule has 1 aliphatic heterocycles. The van der Waals surface area contributed by atoms with Crippen LogP contribution in [0, 0.1) is 0 Å². The Morgan fingerprint density at radius 3 is 2.78 bits per heavy atom. The Labute approximate surface area is 158 Å². The first-order chi connectivity index (χ1) is 13.1. The number of hydrogen-bond donors (Lipinski definition) is 3. The topological polar surface area (TPSA) is 104 Å². The van der Waals surface area contributed by atoms with Crippen LogP contribution in [-0.2, 0) is 20.1 Å². The summed E-state index contributed by atoms with van der Waals surface area (Å²) >= 11 is 0. The lowest BCUT2D eigenvalue weighted by Crippen LogP contribution is -2.45. The van der Waals surface area contributed by atoms with Gasteiger partial charge in [-0.05, 0) is 43.4 Å². The maximum absolute atomic E-state index is 12.5. The van der Waals surface area contributed by atoms with E-state index in [9.17, 15) is 15.0 Å². The summed E-state index contributed by atoms with van der Waals surface area (Å²) in [7, 11) is 1.85. The number of rotatable bonds is 6. The van der Waals surface area contributed by atoms with Crippen molar-refractivity contribution in [1.82, 2.24) is 25.0 Å². The van der Waals surface area contributed by atoms with Crippen LogP contribution >= 0.6 is 0 Å². The van der Waals surface area contributed by atoms with E-state index in [0.29, 0.717) is 18.9 Å². The van der Waals surface area contributed by atoms with Crippen molar-refractivity contribution in [3.8, 4) is 5.75 Å². The average molecular weight is 373 g/mol. The summed E-state index contributed by atoms with van der Waals surface area (Å²) in [5, 5.41) is 29.8. The summed E-state index contributed by atoms with van der Waals surface area (Å²) < 4.78 is 1.82. The number of nitrogens with one attached hydrogen (secondary N) is 1. The van der Waals surface area contributed by atoms with Crippen LogP contribution in [0.5, 0.6) is 5.75 Å². The van der Waals surface area contributed by atoms with Gasteiger partial charge < -0.3 is 25.0 Å². The molecule has 3 N–H and O–H groups in total. The number of likely N-dealkylation sites (tertiary alicyclic amines) is 1. The molecule has 0 bridgehead atoms. The molecule has 1 aliphatic rings. The lowest BCUT2D eigenvalue weighted by molar-refractivity contribution is 0.177. The minimum Gasteiger partial charge on any atom is -0.508 e. The number of aromatic hydroxyl groups is 1. The lowest BCUT2D eigenvalue weighted by atomic mass is 9.97. The molecule has 0 unspecified atom stereocenters. The highest BCUT2D eigenvalue weighted by Gasteiger charge is 2.28. The highest BCUT2D eigenvalue weighted by atomic mass is 16.3. The highest BCUT2D eigenvalue weighted by Crippen LogP contribution is 2.25. The molecule has 146 valence electrons. The van der Waals surface area contributed by atoms with Crippen molar-refractivity contribution in [3.05, 3.63) is 41.5 Å². The molecule has 0 aliphatic carbocycles. The number of aliphatic hydroxyl groups is 1. The number of hydrogen-bond acceptors (Lipinski definition) is 5. The molecular weight excluding hydrogens is 346 g/mol. The number of aromatic nitrogens is 3. The third-order valence-electron chi connectivity index (χ3n) is 5.07. The minimum atomic E-state index is -0.137. The van der Waals surface area contributed by atoms with Crippen molar-refractivity contribution in [2.75, 3.05) is 19.6 Å². The molecule has 8 heteroatoms. The van der Waals surface area contributed by atoms with Gasteiger partial charge in [-0.2, -0.15) is 0 Å². The Hall–Kier alpha value is -2.61. The number of benzene rings is 1. The molecule has 1 atom stereocenters. The Bertz CT molecular complexity index is 759. The normalized spacial score (nSPS) is 17.1. The van der Waals surface area contributed by atoms with E-state index in [1.807, 2.05) is 28.6 Å². The summed E-state index contributed by atoms with van der Waals surface area (Å²) in [6.07, 6.45) is 3.58. The summed E-state index contributed by atoms with van der Waals surface area (Å²) in [6, 6.07) is 7.10. The minimum absolute atomic E-state index is 0.0463. The first-order valence-electron chi connectivity index (χ1n) is 9.38. The van der Waals surface area contributed by atoms with Gasteiger partial charge in [0.1, 0.15) is 18.2 Å². The standard InChI is InChI=1S/C19H27N5O3/c1-23-17(13-25)21-22-18(23)15-5-3-11-24(12-15)19(27)20-10-2-4-14-6-8-16(26)9-7-14/h6-9,15,25-26H,2-5,10-13H2,1H3,(H,20,27)/t15-/m1/s1. The molecule has 3 rings (SSSR count). The number of amides is 2. The molecule has 2 aromatic rings. The van der Waals surface area contributed by atoms with E-state index >= 15 is 0 Å². The number of phenolic OH excluding ortho intramolecular Hbond substituents is 1. The van der Waals surface area contributed by atoms with Crippen molar-refractivity contribution in [3.63, 3.8) is 0 Å². The van der Waals surface area contributed by atoms with E-state index in [1.54, 1.807) is 12.1 Å². The number of aryl methyl sites for hydroxylation is 1. The number of nitrogens with zero attached hydrogens (tertiary/aromatic N) is 4. The van der Waals surface area contributed by atoms with E-state index in [-0.39, 0.29) is 24.3 Å². The molecule has 0 spiro atoms. The zero-order chi connectivity index (χ0) is 19.2. The van der Waals surface area contributed by atoms with Crippen LogP contribution < -0.4 is 5.32 Å². The second-order valence-electron chi connectivity index (χ2n) is 6.98. The van der Waals surface area contributed by atoms with Crippen molar-refractivity contribution >= 4 is 6.03 Å². The van der Waals surface area contributed by atoms with Crippen LogP contribution in [0.1, 0.15) is 42.4 Å².